The number of esters is 1. The standard InChI is InChI=1S/C17H36N2O2/c1-7-11-18-16(17(20)21-6)10-12-19(13-14(4)5)15(8-2)9-3/h14-16,18H,7-13H2,1-6H3. The van der Waals surface area contributed by atoms with Crippen LogP contribution in [0.25, 0.3) is 0 Å². The molecule has 126 valence electrons. The van der Waals surface area contributed by atoms with Gasteiger partial charge in [-0.15, -0.1) is 0 Å². The fraction of sp³-hybridized carbons (Fsp3) is 0.941. The average Bonchev–Trinajstić information content (AvgIpc) is 2.46. The van der Waals surface area contributed by atoms with Crippen molar-refractivity contribution < 1.29 is 9.53 Å². The molecule has 1 unspecified atom stereocenters. The molecule has 0 rings (SSSR count). The number of nitrogens with one attached hydrogen (secondary N) is 1. The Kier molecular flexibility index (Phi) is 11.6. The highest BCUT2D eigenvalue weighted by molar-refractivity contribution is 5.75. The molecule has 0 aliphatic rings. The van der Waals surface area contributed by atoms with Crippen LogP contribution >= 0.6 is 0 Å². The van der Waals surface area contributed by atoms with Gasteiger partial charge in [-0.25, -0.2) is 0 Å². The van der Waals surface area contributed by atoms with Crippen LogP contribution in [0.5, 0.6) is 0 Å². The zero-order valence-electron chi connectivity index (χ0n) is 14.9. The molecule has 0 aromatic rings. The van der Waals surface area contributed by atoms with E-state index in [0.717, 1.165) is 45.3 Å². The van der Waals surface area contributed by atoms with Crippen molar-refractivity contribution in [3.8, 4) is 0 Å². The summed E-state index contributed by atoms with van der Waals surface area (Å²) in [6.45, 7) is 14.0. The summed E-state index contributed by atoms with van der Waals surface area (Å²) in [5.41, 5.74) is 0. The second-order valence-corrected chi connectivity index (χ2v) is 6.18. The van der Waals surface area contributed by atoms with Crippen LogP contribution in [0.1, 0.15) is 60.3 Å². The monoisotopic (exact) mass is 300 g/mol. The molecular formula is C17H36N2O2. The lowest BCUT2D eigenvalue weighted by Crippen LogP contribution is -2.44. The highest BCUT2D eigenvalue weighted by Crippen LogP contribution is 2.13. The smallest absolute Gasteiger partial charge is 0.322 e. The van der Waals surface area contributed by atoms with Gasteiger partial charge in [0.15, 0.2) is 0 Å². The summed E-state index contributed by atoms with van der Waals surface area (Å²) in [5, 5.41) is 3.30. The first-order chi connectivity index (χ1) is 9.99. The van der Waals surface area contributed by atoms with Gasteiger partial charge in [-0.2, -0.15) is 0 Å². The first-order valence-corrected chi connectivity index (χ1v) is 8.55. The van der Waals surface area contributed by atoms with Crippen molar-refractivity contribution in [1.29, 1.82) is 0 Å². The number of carbonyl (C=O) groups is 1. The van der Waals surface area contributed by atoms with E-state index in [-0.39, 0.29) is 12.0 Å². The van der Waals surface area contributed by atoms with Gasteiger partial charge in [0.05, 0.1) is 7.11 Å². The molecule has 0 amide bonds. The van der Waals surface area contributed by atoms with Crippen LogP contribution in [0.3, 0.4) is 0 Å². The molecule has 1 N–H and O–H groups in total. The number of hydrogen-bond acceptors (Lipinski definition) is 4. The first kappa shape index (κ1) is 20.4. The maximum absolute atomic E-state index is 11.9. The molecule has 0 spiro atoms. The fourth-order valence-corrected chi connectivity index (χ4v) is 2.76. The normalized spacial score (nSPS) is 13.2. The molecule has 0 heterocycles. The quantitative estimate of drug-likeness (QED) is 0.562. The zero-order valence-corrected chi connectivity index (χ0v) is 14.9. The van der Waals surface area contributed by atoms with E-state index in [4.69, 9.17) is 4.74 Å². The average molecular weight is 300 g/mol. The number of carbonyl (C=O) groups excluding carboxylic acids is 1. The minimum Gasteiger partial charge on any atom is -0.468 e. The van der Waals surface area contributed by atoms with E-state index in [9.17, 15) is 4.79 Å². The summed E-state index contributed by atoms with van der Waals surface area (Å²) in [5.74, 6) is 0.503. The van der Waals surface area contributed by atoms with Crippen molar-refractivity contribution in [2.24, 2.45) is 5.92 Å². The second kappa shape index (κ2) is 12.0. The van der Waals surface area contributed by atoms with Crippen LogP contribution in [-0.2, 0) is 9.53 Å². The van der Waals surface area contributed by atoms with Crippen molar-refractivity contribution in [3.63, 3.8) is 0 Å². The van der Waals surface area contributed by atoms with E-state index in [2.05, 4.69) is 44.8 Å². The Labute approximate surface area is 131 Å². The Balaban J connectivity index is 4.61. The molecule has 0 saturated carbocycles. The topological polar surface area (TPSA) is 41.6 Å². The minimum absolute atomic E-state index is 0.141. The van der Waals surface area contributed by atoms with Gasteiger partial charge >= 0.3 is 5.97 Å². The largest absolute Gasteiger partial charge is 0.468 e. The van der Waals surface area contributed by atoms with Crippen molar-refractivity contribution in [1.82, 2.24) is 10.2 Å². The lowest BCUT2D eigenvalue weighted by molar-refractivity contribution is -0.143. The maximum atomic E-state index is 11.9. The van der Waals surface area contributed by atoms with E-state index in [0.29, 0.717) is 12.0 Å². The third-order valence-electron chi connectivity index (χ3n) is 3.89. The van der Waals surface area contributed by atoms with Gasteiger partial charge in [0.2, 0.25) is 0 Å². The van der Waals surface area contributed by atoms with Gasteiger partial charge in [0.25, 0.3) is 0 Å². The zero-order chi connectivity index (χ0) is 16.3. The molecule has 0 aromatic carbocycles. The van der Waals surface area contributed by atoms with E-state index in [1.165, 1.54) is 7.11 Å². The first-order valence-electron chi connectivity index (χ1n) is 8.55. The summed E-state index contributed by atoms with van der Waals surface area (Å²) in [6, 6.07) is 0.427. The van der Waals surface area contributed by atoms with Gasteiger partial charge < -0.3 is 15.0 Å². The molecule has 0 aromatic heterocycles. The van der Waals surface area contributed by atoms with Crippen LogP contribution in [-0.4, -0.2) is 49.7 Å². The van der Waals surface area contributed by atoms with Gasteiger partial charge in [-0.05, 0) is 38.1 Å². The van der Waals surface area contributed by atoms with Crippen LogP contribution in [0.15, 0.2) is 0 Å². The van der Waals surface area contributed by atoms with Crippen molar-refractivity contribution >= 4 is 5.97 Å². The molecule has 0 radical (unpaired) electrons. The molecule has 4 nitrogen and oxygen atoms in total. The molecule has 0 bridgehead atoms. The molecule has 21 heavy (non-hydrogen) atoms. The van der Waals surface area contributed by atoms with Crippen LogP contribution in [0, 0.1) is 5.92 Å². The SMILES string of the molecule is CCCNC(CCN(CC(C)C)C(CC)CC)C(=O)OC. The molecule has 4 heteroatoms. The molecule has 0 saturated heterocycles. The summed E-state index contributed by atoms with van der Waals surface area (Å²) in [7, 11) is 1.47. The van der Waals surface area contributed by atoms with Gasteiger partial charge in [-0.3, -0.25) is 4.79 Å². The van der Waals surface area contributed by atoms with Crippen LogP contribution < -0.4 is 5.32 Å². The van der Waals surface area contributed by atoms with Crippen molar-refractivity contribution in [3.05, 3.63) is 0 Å². The molecule has 0 aliphatic heterocycles. The second-order valence-electron chi connectivity index (χ2n) is 6.18. The highest BCUT2D eigenvalue weighted by Gasteiger charge is 2.22. The van der Waals surface area contributed by atoms with Crippen molar-refractivity contribution in [2.45, 2.75) is 72.4 Å². The van der Waals surface area contributed by atoms with Crippen LogP contribution in [0.2, 0.25) is 0 Å². The van der Waals surface area contributed by atoms with E-state index in [1.54, 1.807) is 0 Å². The lowest BCUT2D eigenvalue weighted by atomic mass is 10.1. The Morgan fingerprint density at radius 1 is 1.19 bits per heavy atom. The fourth-order valence-electron chi connectivity index (χ4n) is 2.76. The summed E-state index contributed by atoms with van der Waals surface area (Å²) in [4.78, 5) is 14.4. The van der Waals surface area contributed by atoms with E-state index in [1.807, 2.05) is 0 Å². The van der Waals surface area contributed by atoms with E-state index < -0.39 is 0 Å². The predicted molar refractivity (Wildman–Crippen MR) is 89.5 cm³/mol. The molecule has 0 fully saturated rings. The molecule has 0 aliphatic carbocycles. The third-order valence-corrected chi connectivity index (χ3v) is 3.89. The minimum atomic E-state index is -0.182. The summed E-state index contributed by atoms with van der Waals surface area (Å²) in [6.07, 6.45) is 4.16. The Morgan fingerprint density at radius 3 is 2.24 bits per heavy atom. The van der Waals surface area contributed by atoms with Crippen molar-refractivity contribution in [2.75, 3.05) is 26.7 Å². The lowest BCUT2D eigenvalue weighted by Gasteiger charge is -2.33. The number of rotatable bonds is 12. The maximum Gasteiger partial charge on any atom is 0.322 e. The number of ether oxygens (including phenoxy) is 1. The van der Waals surface area contributed by atoms with Gasteiger partial charge in [-0.1, -0.05) is 34.6 Å². The molecule has 1 atom stereocenters. The van der Waals surface area contributed by atoms with Gasteiger partial charge in [0, 0.05) is 19.1 Å². The number of methoxy groups -OCH3 is 1. The highest BCUT2D eigenvalue weighted by atomic mass is 16.5. The Morgan fingerprint density at radius 2 is 1.81 bits per heavy atom. The van der Waals surface area contributed by atoms with Gasteiger partial charge in [0.1, 0.15) is 6.04 Å². The predicted octanol–water partition coefficient (Wildman–Crippen LogP) is 3.06. The summed E-state index contributed by atoms with van der Waals surface area (Å²) >= 11 is 0. The Hall–Kier alpha value is -0.610. The Bertz CT molecular complexity index is 266. The van der Waals surface area contributed by atoms with E-state index >= 15 is 0 Å². The summed E-state index contributed by atoms with van der Waals surface area (Å²) < 4.78 is 4.92. The number of nitrogens with zero attached hydrogens (tertiary/aromatic N) is 1. The molecular weight excluding hydrogens is 264 g/mol. The van der Waals surface area contributed by atoms with Crippen LogP contribution in [0.4, 0.5) is 0 Å². The third kappa shape index (κ3) is 8.42. The number of hydrogen-bond donors (Lipinski definition) is 1.